The van der Waals surface area contributed by atoms with Crippen LogP contribution >= 0.6 is 15.9 Å². The summed E-state index contributed by atoms with van der Waals surface area (Å²) in [6.07, 6.45) is 0.777. The van der Waals surface area contributed by atoms with Crippen molar-refractivity contribution < 1.29 is 9.53 Å². The third kappa shape index (κ3) is 2.69. The van der Waals surface area contributed by atoms with E-state index in [1.165, 1.54) is 7.11 Å². The second-order valence-electron chi connectivity index (χ2n) is 4.72. The number of halogens is 1. The predicted molar refractivity (Wildman–Crippen MR) is 81.9 cm³/mol. The van der Waals surface area contributed by atoms with Crippen molar-refractivity contribution in [3.05, 3.63) is 45.7 Å². The Labute approximate surface area is 130 Å². The summed E-state index contributed by atoms with van der Waals surface area (Å²) in [6.45, 7) is 1.44. The van der Waals surface area contributed by atoms with Gasteiger partial charge in [-0.05, 0) is 6.07 Å². The van der Waals surface area contributed by atoms with E-state index in [0.717, 1.165) is 34.3 Å². The Morgan fingerprint density at radius 3 is 2.90 bits per heavy atom. The molecule has 0 atom stereocenters. The molecule has 1 aliphatic heterocycles. The minimum atomic E-state index is -0.425. The molecule has 0 amide bonds. The van der Waals surface area contributed by atoms with Crippen molar-refractivity contribution in [2.24, 2.45) is 0 Å². The number of esters is 1. The molecule has 0 spiro atoms. The molecule has 0 bridgehead atoms. The quantitative estimate of drug-likeness (QED) is 0.844. The maximum atomic E-state index is 12.0. The summed E-state index contributed by atoms with van der Waals surface area (Å²) in [5.74, 6) is 0.120. The number of rotatable bonds is 2. The minimum Gasteiger partial charge on any atom is -0.464 e. The fourth-order valence-electron chi connectivity index (χ4n) is 2.37. The smallest absolute Gasteiger partial charge is 0.357 e. The van der Waals surface area contributed by atoms with Crippen LogP contribution in [0.2, 0.25) is 0 Å². The van der Waals surface area contributed by atoms with Gasteiger partial charge in [0.2, 0.25) is 0 Å². The number of carbonyl (C=O) groups is 1. The Balaban J connectivity index is 2.19. The molecule has 1 N–H and O–H groups in total. The summed E-state index contributed by atoms with van der Waals surface area (Å²) in [5, 5.41) is 3.23. The number of hydrogen-bond donors (Lipinski definition) is 1. The number of hydrogen-bond acceptors (Lipinski definition) is 5. The summed E-state index contributed by atoms with van der Waals surface area (Å²) in [4.78, 5) is 21.1. The van der Waals surface area contributed by atoms with Crippen LogP contribution in [-0.2, 0) is 17.7 Å². The first-order valence-electron chi connectivity index (χ1n) is 6.64. The molecule has 0 unspecified atom stereocenters. The molecule has 21 heavy (non-hydrogen) atoms. The topological polar surface area (TPSA) is 64.1 Å². The van der Waals surface area contributed by atoms with E-state index in [0.29, 0.717) is 18.1 Å². The number of benzene rings is 1. The van der Waals surface area contributed by atoms with Crippen molar-refractivity contribution in [2.75, 3.05) is 13.7 Å². The van der Waals surface area contributed by atoms with Gasteiger partial charge >= 0.3 is 5.97 Å². The molecule has 1 aliphatic rings. The van der Waals surface area contributed by atoms with Gasteiger partial charge in [-0.3, -0.25) is 0 Å². The van der Waals surface area contributed by atoms with Crippen molar-refractivity contribution in [2.45, 2.75) is 13.0 Å². The Morgan fingerprint density at radius 2 is 2.14 bits per heavy atom. The molecule has 0 aliphatic carbocycles. The van der Waals surface area contributed by atoms with Gasteiger partial charge in [0, 0.05) is 35.1 Å². The van der Waals surface area contributed by atoms with Crippen LogP contribution in [0.5, 0.6) is 0 Å². The van der Waals surface area contributed by atoms with Crippen LogP contribution in [0.25, 0.3) is 11.4 Å². The third-order valence-corrected chi connectivity index (χ3v) is 4.12. The standard InChI is InChI=1S/C15H14BrN3O2/c1-21-15(20)13-10-8-17-7-6-12(10)18-14(19-13)9-4-2-3-5-11(9)16/h2-5,17H,6-8H2,1H3. The van der Waals surface area contributed by atoms with E-state index in [2.05, 4.69) is 31.2 Å². The minimum absolute atomic E-state index is 0.348. The van der Waals surface area contributed by atoms with Gasteiger partial charge in [0.25, 0.3) is 0 Å². The van der Waals surface area contributed by atoms with Gasteiger partial charge < -0.3 is 10.1 Å². The van der Waals surface area contributed by atoms with Gasteiger partial charge in [-0.15, -0.1) is 0 Å². The Morgan fingerprint density at radius 1 is 1.33 bits per heavy atom. The second kappa shape index (κ2) is 5.91. The normalized spacial score (nSPS) is 13.6. The molecule has 2 aromatic rings. The highest BCUT2D eigenvalue weighted by Gasteiger charge is 2.23. The maximum absolute atomic E-state index is 12.0. The number of methoxy groups -OCH3 is 1. The highest BCUT2D eigenvalue weighted by molar-refractivity contribution is 9.10. The maximum Gasteiger partial charge on any atom is 0.357 e. The Kier molecular flexibility index (Phi) is 3.98. The number of aromatic nitrogens is 2. The third-order valence-electron chi connectivity index (χ3n) is 3.43. The van der Waals surface area contributed by atoms with E-state index in [4.69, 9.17) is 4.74 Å². The first-order valence-corrected chi connectivity index (χ1v) is 7.43. The van der Waals surface area contributed by atoms with Crippen molar-refractivity contribution in [1.29, 1.82) is 0 Å². The molecule has 0 fully saturated rings. The molecule has 108 valence electrons. The average molecular weight is 348 g/mol. The van der Waals surface area contributed by atoms with Gasteiger partial charge in [0.1, 0.15) is 0 Å². The van der Waals surface area contributed by atoms with Gasteiger partial charge in [0.05, 0.1) is 12.8 Å². The highest BCUT2D eigenvalue weighted by atomic mass is 79.9. The van der Waals surface area contributed by atoms with Gasteiger partial charge in [0.15, 0.2) is 11.5 Å². The lowest BCUT2D eigenvalue weighted by atomic mass is 10.0. The molecule has 3 rings (SSSR count). The number of ether oxygens (including phenoxy) is 1. The van der Waals surface area contributed by atoms with E-state index in [1.54, 1.807) is 0 Å². The summed E-state index contributed by atoms with van der Waals surface area (Å²) < 4.78 is 5.75. The van der Waals surface area contributed by atoms with E-state index in [9.17, 15) is 4.79 Å². The van der Waals surface area contributed by atoms with Crippen LogP contribution in [0.1, 0.15) is 21.7 Å². The molecule has 6 heteroatoms. The van der Waals surface area contributed by atoms with Crippen LogP contribution in [0.4, 0.5) is 0 Å². The predicted octanol–water partition coefficient (Wildman–Crippen LogP) is 2.34. The zero-order valence-corrected chi connectivity index (χ0v) is 13.1. The van der Waals surface area contributed by atoms with Crippen LogP contribution in [0.3, 0.4) is 0 Å². The molecule has 2 heterocycles. The molecule has 0 radical (unpaired) electrons. The van der Waals surface area contributed by atoms with E-state index < -0.39 is 5.97 Å². The van der Waals surface area contributed by atoms with Crippen molar-refractivity contribution in [1.82, 2.24) is 15.3 Å². The van der Waals surface area contributed by atoms with E-state index in [-0.39, 0.29) is 0 Å². The summed E-state index contributed by atoms with van der Waals surface area (Å²) in [6, 6.07) is 7.70. The molecular weight excluding hydrogens is 334 g/mol. The molecular formula is C15H14BrN3O2. The number of nitrogens with one attached hydrogen (secondary N) is 1. The molecule has 0 saturated heterocycles. The molecule has 1 aromatic carbocycles. The van der Waals surface area contributed by atoms with E-state index in [1.807, 2.05) is 24.3 Å². The Hall–Kier alpha value is -1.79. The number of carbonyl (C=O) groups excluding carboxylic acids is 1. The SMILES string of the molecule is COC(=O)c1nc(-c2ccccc2Br)nc2c1CNCC2. The van der Waals surface area contributed by atoms with Crippen molar-refractivity contribution in [3.8, 4) is 11.4 Å². The first-order chi connectivity index (χ1) is 10.2. The molecule has 1 aromatic heterocycles. The summed E-state index contributed by atoms with van der Waals surface area (Å²) in [7, 11) is 1.37. The van der Waals surface area contributed by atoms with Crippen molar-refractivity contribution >= 4 is 21.9 Å². The fourth-order valence-corrected chi connectivity index (χ4v) is 2.83. The summed E-state index contributed by atoms with van der Waals surface area (Å²) >= 11 is 3.50. The van der Waals surface area contributed by atoms with Gasteiger partial charge in [-0.1, -0.05) is 34.1 Å². The zero-order chi connectivity index (χ0) is 14.8. The van der Waals surface area contributed by atoms with E-state index >= 15 is 0 Å². The first kappa shape index (κ1) is 14.2. The van der Waals surface area contributed by atoms with Gasteiger partial charge in [-0.25, -0.2) is 14.8 Å². The zero-order valence-electron chi connectivity index (χ0n) is 11.5. The fraction of sp³-hybridized carbons (Fsp3) is 0.267. The van der Waals surface area contributed by atoms with Gasteiger partial charge in [-0.2, -0.15) is 0 Å². The molecule has 5 nitrogen and oxygen atoms in total. The number of fused-ring (bicyclic) bond motifs is 1. The van der Waals surface area contributed by atoms with Crippen LogP contribution < -0.4 is 5.32 Å². The number of nitrogens with zero attached hydrogens (tertiary/aromatic N) is 2. The monoisotopic (exact) mass is 347 g/mol. The second-order valence-corrected chi connectivity index (χ2v) is 5.57. The highest BCUT2D eigenvalue weighted by Crippen LogP contribution is 2.27. The Bertz CT molecular complexity index is 703. The van der Waals surface area contributed by atoms with Crippen LogP contribution in [0.15, 0.2) is 28.7 Å². The molecule has 0 saturated carbocycles. The van der Waals surface area contributed by atoms with Crippen LogP contribution in [0, 0.1) is 0 Å². The average Bonchev–Trinajstić information content (AvgIpc) is 2.53. The lowest BCUT2D eigenvalue weighted by molar-refractivity contribution is 0.0592. The van der Waals surface area contributed by atoms with Crippen LogP contribution in [-0.4, -0.2) is 29.6 Å². The lowest BCUT2D eigenvalue weighted by Gasteiger charge is -2.19. The summed E-state index contributed by atoms with van der Waals surface area (Å²) in [5.41, 5.74) is 2.96. The lowest BCUT2D eigenvalue weighted by Crippen LogP contribution is -2.28. The largest absolute Gasteiger partial charge is 0.464 e. The van der Waals surface area contributed by atoms with Crippen molar-refractivity contribution in [3.63, 3.8) is 0 Å².